The van der Waals surface area contributed by atoms with Gasteiger partial charge in [-0.3, -0.25) is 4.79 Å². The molecular formula is C23H21F2N3O3. The smallest absolute Gasteiger partial charge is 0.408 e. The second kappa shape index (κ2) is 10.3. The number of ether oxygens (including phenoxy) is 1. The van der Waals surface area contributed by atoms with Gasteiger partial charge in [-0.05, 0) is 41.0 Å². The van der Waals surface area contributed by atoms with Gasteiger partial charge in [0.15, 0.2) is 11.6 Å². The monoisotopic (exact) mass is 425 g/mol. The lowest BCUT2D eigenvalue weighted by Crippen LogP contribution is -2.37. The van der Waals surface area contributed by atoms with Crippen LogP contribution in [0.2, 0.25) is 0 Å². The SMILES string of the molecule is NCc1cccc(NC(=O)[C@@H](NC(=O)OCc2ccccc2)c2ccc(F)c(F)c2)c1. The molecule has 0 spiro atoms. The molecule has 0 aliphatic carbocycles. The summed E-state index contributed by atoms with van der Waals surface area (Å²) in [6.45, 7) is 0.262. The lowest BCUT2D eigenvalue weighted by Gasteiger charge is -2.19. The molecule has 160 valence electrons. The fraction of sp³-hybridized carbons (Fsp3) is 0.130. The molecule has 31 heavy (non-hydrogen) atoms. The van der Waals surface area contributed by atoms with Crippen LogP contribution in [0.3, 0.4) is 0 Å². The van der Waals surface area contributed by atoms with E-state index < -0.39 is 29.7 Å². The molecule has 0 saturated heterocycles. The van der Waals surface area contributed by atoms with Gasteiger partial charge in [0.2, 0.25) is 0 Å². The van der Waals surface area contributed by atoms with Gasteiger partial charge in [0, 0.05) is 12.2 Å². The van der Waals surface area contributed by atoms with E-state index in [1.54, 1.807) is 48.5 Å². The van der Waals surface area contributed by atoms with Crippen molar-refractivity contribution in [2.45, 2.75) is 19.2 Å². The van der Waals surface area contributed by atoms with Gasteiger partial charge < -0.3 is 21.1 Å². The zero-order valence-electron chi connectivity index (χ0n) is 16.5. The fourth-order valence-electron chi connectivity index (χ4n) is 2.87. The summed E-state index contributed by atoms with van der Waals surface area (Å²) in [6, 6.07) is 17.4. The average Bonchev–Trinajstić information content (AvgIpc) is 2.78. The third kappa shape index (κ3) is 6.10. The van der Waals surface area contributed by atoms with E-state index in [0.717, 1.165) is 23.3 Å². The summed E-state index contributed by atoms with van der Waals surface area (Å²) >= 11 is 0. The maximum atomic E-state index is 13.8. The lowest BCUT2D eigenvalue weighted by molar-refractivity contribution is -0.118. The molecule has 0 radical (unpaired) electrons. The van der Waals surface area contributed by atoms with Crippen molar-refractivity contribution in [1.82, 2.24) is 5.32 Å². The van der Waals surface area contributed by atoms with Crippen LogP contribution in [-0.2, 0) is 22.7 Å². The zero-order valence-corrected chi connectivity index (χ0v) is 16.5. The second-order valence-electron chi connectivity index (χ2n) is 6.71. The van der Waals surface area contributed by atoms with E-state index in [1.165, 1.54) is 6.07 Å². The van der Waals surface area contributed by atoms with E-state index in [4.69, 9.17) is 10.5 Å². The summed E-state index contributed by atoms with van der Waals surface area (Å²) < 4.78 is 32.3. The summed E-state index contributed by atoms with van der Waals surface area (Å²) in [6.07, 6.45) is -0.885. The Hall–Kier alpha value is -3.78. The minimum Gasteiger partial charge on any atom is -0.445 e. The number of nitrogens with one attached hydrogen (secondary N) is 2. The number of rotatable bonds is 7. The van der Waals surface area contributed by atoms with Crippen molar-refractivity contribution in [3.8, 4) is 0 Å². The molecule has 1 atom stereocenters. The molecule has 0 fully saturated rings. The molecule has 0 heterocycles. The van der Waals surface area contributed by atoms with Crippen LogP contribution < -0.4 is 16.4 Å². The maximum absolute atomic E-state index is 13.8. The van der Waals surface area contributed by atoms with E-state index in [1.807, 2.05) is 6.07 Å². The molecule has 8 heteroatoms. The fourth-order valence-corrected chi connectivity index (χ4v) is 2.87. The van der Waals surface area contributed by atoms with E-state index in [-0.39, 0.29) is 18.7 Å². The molecule has 2 amide bonds. The first-order valence-electron chi connectivity index (χ1n) is 9.48. The van der Waals surface area contributed by atoms with Crippen LogP contribution in [0.15, 0.2) is 72.8 Å². The minimum atomic E-state index is -1.32. The first-order chi connectivity index (χ1) is 15.0. The Morgan fingerprint density at radius 1 is 0.903 bits per heavy atom. The van der Waals surface area contributed by atoms with Crippen molar-refractivity contribution in [2.75, 3.05) is 5.32 Å². The number of carbonyl (C=O) groups excluding carboxylic acids is 2. The third-order valence-corrected chi connectivity index (χ3v) is 4.44. The van der Waals surface area contributed by atoms with Crippen molar-refractivity contribution in [3.05, 3.63) is 101 Å². The van der Waals surface area contributed by atoms with Crippen molar-refractivity contribution in [1.29, 1.82) is 0 Å². The first kappa shape index (κ1) is 21.9. The van der Waals surface area contributed by atoms with E-state index >= 15 is 0 Å². The predicted octanol–water partition coefficient (Wildman–Crippen LogP) is 4.03. The second-order valence-corrected chi connectivity index (χ2v) is 6.71. The van der Waals surface area contributed by atoms with Crippen LogP contribution in [-0.4, -0.2) is 12.0 Å². The van der Waals surface area contributed by atoms with Crippen molar-refractivity contribution in [2.24, 2.45) is 5.73 Å². The Bertz CT molecular complexity index is 1060. The highest BCUT2D eigenvalue weighted by molar-refractivity contribution is 5.97. The maximum Gasteiger partial charge on any atom is 0.408 e. The van der Waals surface area contributed by atoms with Crippen LogP contribution in [0.25, 0.3) is 0 Å². The van der Waals surface area contributed by atoms with Crippen LogP contribution in [0.4, 0.5) is 19.3 Å². The molecule has 4 N–H and O–H groups in total. The molecule has 3 aromatic rings. The highest BCUT2D eigenvalue weighted by atomic mass is 19.2. The summed E-state index contributed by atoms with van der Waals surface area (Å²) in [5, 5.41) is 5.06. The van der Waals surface area contributed by atoms with Crippen molar-refractivity contribution < 1.29 is 23.1 Å². The number of carbonyl (C=O) groups is 2. The topological polar surface area (TPSA) is 93.5 Å². The number of alkyl carbamates (subject to hydrolysis) is 1. The van der Waals surface area contributed by atoms with Crippen LogP contribution in [0.1, 0.15) is 22.7 Å². The summed E-state index contributed by atoms with van der Waals surface area (Å²) in [7, 11) is 0. The molecule has 0 aromatic heterocycles. The summed E-state index contributed by atoms with van der Waals surface area (Å²) in [5.74, 6) is -2.86. The molecular weight excluding hydrogens is 404 g/mol. The first-order valence-corrected chi connectivity index (χ1v) is 9.48. The number of anilines is 1. The van der Waals surface area contributed by atoms with Gasteiger partial charge in [-0.1, -0.05) is 48.5 Å². The van der Waals surface area contributed by atoms with Gasteiger partial charge >= 0.3 is 6.09 Å². The molecule has 3 rings (SSSR count). The molecule has 0 aliphatic rings. The van der Waals surface area contributed by atoms with Crippen LogP contribution in [0, 0.1) is 11.6 Å². The summed E-state index contributed by atoms with van der Waals surface area (Å²) in [4.78, 5) is 25.2. The highest BCUT2D eigenvalue weighted by Crippen LogP contribution is 2.20. The standard InChI is InChI=1S/C23H21F2N3O3/c24-19-10-9-17(12-20(19)25)21(22(29)27-18-8-4-7-16(11-18)13-26)28-23(30)31-14-15-5-2-1-3-6-15/h1-12,21H,13-14,26H2,(H,27,29)(H,28,30)/t21-/m0/s1. The van der Waals surface area contributed by atoms with Gasteiger partial charge in [0.25, 0.3) is 5.91 Å². The Morgan fingerprint density at radius 3 is 2.35 bits per heavy atom. The Balaban J connectivity index is 1.77. The van der Waals surface area contributed by atoms with Crippen molar-refractivity contribution >= 4 is 17.7 Å². The molecule has 0 bridgehead atoms. The van der Waals surface area contributed by atoms with Gasteiger partial charge in [0.1, 0.15) is 12.6 Å². The minimum absolute atomic E-state index is 0.0165. The largest absolute Gasteiger partial charge is 0.445 e. The molecule has 3 aromatic carbocycles. The normalized spacial score (nSPS) is 11.5. The van der Waals surface area contributed by atoms with Crippen LogP contribution in [0.5, 0.6) is 0 Å². The Morgan fingerprint density at radius 2 is 1.65 bits per heavy atom. The number of amides is 2. The predicted molar refractivity (Wildman–Crippen MR) is 112 cm³/mol. The lowest BCUT2D eigenvalue weighted by atomic mass is 10.1. The summed E-state index contributed by atoms with van der Waals surface area (Å²) in [5.41, 5.74) is 7.66. The number of halogens is 2. The van der Waals surface area contributed by atoms with Gasteiger partial charge in [-0.15, -0.1) is 0 Å². The molecule has 0 unspecified atom stereocenters. The van der Waals surface area contributed by atoms with Gasteiger partial charge in [0.05, 0.1) is 0 Å². The van der Waals surface area contributed by atoms with E-state index in [2.05, 4.69) is 10.6 Å². The molecule has 0 aliphatic heterocycles. The average molecular weight is 425 g/mol. The Labute approximate surface area is 178 Å². The number of hydrogen-bond acceptors (Lipinski definition) is 4. The highest BCUT2D eigenvalue weighted by Gasteiger charge is 2.25. The molecule has 6 nitrogen and oxygen atoms in total. The zero-order chi connectivity index (χ0) is 22.2. The van der Waals surface area contributed by atoms with E-state index in [9.17, 15) is 18.4 Å². The van der Waals surface area contributed by atoms with Crippen molar-refractivity contribution in [3.63, 3.8) is 0 Å². The van der Waals surface area contributed by atoms with E-state index in [0.29, 0.717) is 5.69 Å². The quantitative estimate of drug-likeness (QED) is 0.533. The third-order valence-electron chi connectivity index (χ3n) is 4.44. The number of benzene rings is 3. The number of hydrogen-bond donors (Lipinski definition) is 3. The Kier molecular flexibility index (Phi) is 7.29. The van der Waals surface area contributed by atoms with Gasteiger partial charge in [-0.25, -0.2) is 13.6 Å². The number of nitrogens with two attached hydrogens (primary N) is 1. The molecule has 0 saturated carbocycles. The van der Waals surface area contributed by atoms with Gasteiger partial charge in [-0.2, -0.15) is 0 Å². The van der Waals surface area contributed by atoms with Crippen LogP contribution >= 0.6 is 0 Å².